The lowest BCUT2D eigenvalue weighted by molar-refractivity contribution is -0.129. The molecule has 0 aliphatic rings. The minimum Gasteiger partial charge on any atom is -0.326 e. The van der Waals surface area contributed by atoms with E-state index in [2.05, 4.69) is 15.4 Å². The van der Waals surface area contributed by atoms with Gasteiger partial charge in [-0.2, -0.15) is 5.10 Å². The Bertz CT molecular complexity index is 880. The fraction of sp³-hybridized carbons (Fsp3) is 0.304. The second-order valence-electron chi connectivity index (χ2n) is 7.04. The molecule has 8 heteroatoms. The van der Waals surface area contributed by atoms with Crippen molar-refractivity contribution in [2.45, 2.75) is 45.1 Å². The highest BCUT2D eigenvalue weighted by Gasteiger charge is 2.05. The number of carbonyl (C=O) groups excluding carboxylic acids is 2. The van der Waals surface area contributed by atoms with Gasteiger partial charge in [-0.15, -0.1) is 0 Å². The Kier molecular flexibility index (Phi) is 10.5. The molecule has 0 fully saturated rings. The maximum atomic E-state index is 12.1. The fourth-order valence-electron chi connectivity index (χ4n) is 2.93. The van der Waals surface area contributed by atoms with Crippen molar-refractivity contribution in [2.24, 2.45) is 15.9 Å². The Labute approximate surface area is 182 Å². The number of unbranched alkanes of at least 4 members (excludes halogenated alkanes) is 3. The number of hydrogen-bond acceptors (Lipinski definition) is 6. The maximum Gasteiger partial charge on any atom is 0.243 e. The molecule has 0 radical (unpaired) electrons. The van der Waals surface area contributed by atoms with Gasteiger partial charge in [-0.25, -0.2) is 5.48 Å². The Balaban J connectivity index is 1.74. The third-order valence-corrected chi connectivity index (χ3v) is 4.62. The molecule has 2 amide bonds. The van der Waals surface area contributed by atoms with E-state index in [1.54, 1.807) is 23.8 Å². The number of aliphatic imine (C=N–C) groups is 1. The first-order chi connectivity index (χ1) is 15.1. The zero-order valence-corrected chi connectivity index (χ0v) is 17.5. The number of rotatable bonds is 12. The summed E-state index contributed by atoms with van der Waals surface area (Å²) in [5, 5.41) is 15.1. The molecule has 2 aromatic rings. The minimum atomic E-state index is -0.383. The summed E-state index contributed by atoms with van der Waals surface area (Å²) in [6.07, 6.45) is 5.47. The number of anilines is 1. The SMILES string of the molecule is NN=C(C=NCc1ccccc1)c1ccc(NC(=O)CCCCCCC(=O)NO)cc1. The van der Waals surface area contributed by atoms with Gasteiger partial charge in [-0.05, 0) is 30.5 Å². The molecule has 2 rings (SSSR count). The van der Waals surface area contributed by atoms with Crippen molar-refractivity contribution in [1.82, 2.24) is 5.48 Å². The summed E-state index contributed by atoms with van der Waals surface area (Å²) in [5.41, 5.74) is 4.78. The van der Waals surface area contributed by atoms with Crippen LogP contribution in [0.4, 0.5) is 5.69 Å². The topological polar surface area (TPSA) is 129 Å². The lowest BCUT2D eigenvalue weighted by atomic mass is 10.1. The molecule has 164 valence electrons. The molecule has 0 heterocycles. The lowest BCUT2D eigenvalue weighted by Gasteiger charge is -2.07. The molecular formula is C23H29N5O3. The standard InChI is InChI=1S/C23H29N5O3/c24-27-21(17-25-16-18-8-4-3-5-9-18)19-12-14-20(15-13-19)26-22(29)10-6-1-2-7-11-23(30)28-31/h3-5,8-9,12-15,17,31H,1-2,6-7,10-11,16,24H2,(H,26,29)(H,28,30). The van der Waals surface area contributed by atoms with Gasteiger partial charge < -0.3 is 11.2 Å². The van der Waals surface area contributed by atoms with Crippen molar-refractivity contribution >= 4 is 29.4 Å². The third-order valence-electron chi connectivity index (χ3n) is 4.62. The molecule has 0 aliphatic heterocycles. The molecule has 0 aliphatic carbocycles. The van der Waals surface area contributed by atoms with Crippen molar-refractivity contribution in [2.75, 3.05) is 5.32 Å². The highest BCUT2D eigenvalue weighted by atomic mass is 16.5. The first-order valence-corrected chi connectivity index (χ1v) is 10.3. The molecular weight excluding hydrogens is 394 g/mol. The number of hydroxylamine groups is 1. The van der Waals surface area contributed by atoms with E-state index in [4.69, 9.17) is 11.0 Å². The van der Waals surface area contributed by atoms with E-state index in [0.29, 0.717) is 37.2 Å². The predicted octanol–water partition coefficient (Wildman–Crippen LogP) is 3.40. The average molecular weight is 424 g/mol. The highest BCUT2D eigenvalue weighted by Crippen LogP contribution is 2.12. The van der Waals surface area contributed by atoms with Crippen LogP contribution in [0.2, 0.25) is 0 Å². The number of nitrogens with one attached hydrogen (secondary N) is 2. The number of amides is 2. The van der Waals surface area contributed by atoms with Crippen molar-refractivity contribution in [1.29, 1.82) is 0 Å². The van der Waals surface area contributed by atoms with Crippen LogP contribution in [0, 0.1) is 0 Å². The van der Waals surface area contributed by atoms with E-state index < -0.39 is 0 Å². The van der Waals surface area contributed by atoms with Crippen LogP contribution in [0.1, 0.15) is 49.7 Å². The van der Waals surface area contributed by atoms with Gasteiger partial charge in [0, 0.05) is 30.3 Å². The zero-order valence-electron chi connectivity index (χ0n) is 17.5. The summed E-state index contributed by atoms with van der Waals surface area (Å²) < 4.78 is 0. The van der Waals surface area contributed by atoms with Gasteiger partial charge in [0.15, 0.2) is 0 Å². The summed E-state index contributed by atoms with van der Waals surface area (Å²) in [4.78, 5) is 27.4. The molecule has 0 unspecified atom stereocenters. The zero-order chi connectivity index (χ0) is 22.3. The molecule has 0 aromatic heterocycles. The van der Waals surface area contributed by atoms with E-state index >= 15 is 0 Å². The first-order valence-electron chi connectivity index (χ1n) is 10.3. The average Bonchev–Trinajstić information content (AvgIpc) is 2.80. The maximum absolute atomic E-state index is 12.1. The monoisotopic (exact) mass is 423 g/mol. The molecule has 0 saturated carbocycles. The third kappa shape index (κ3) is 9.22. The van der Waals surface area contributed by atoms with Gasteiger partial charge in [0.05, 0.1) is 6.54 Å². The second kappa shape index (κ2) is 13.7. The quantitative estimate of drug-likeness (QED) is 0.137. The predicted molar refractivity (Wildman–Crippen MR) is 122 cm³/mol. The van der Waals surface area contributed by atoms with Crippen molar-refractivity contribution in [3.8, 4) is 0 Å². The van der Waals surface area contributed by atoms with Gasteiger partial charge in [-0.3, -0.25) is 19.8 Å². The summed E-state index contributed by atoms with van der Waals surface area (Å²) >= 11 is 0. The van der Waals surface area contributed by atoms with Gasteiger partial charge in [0.25, 0.3) is 0 Å². The van der Waals surface area contributed by atoms with Crippen molar-refractivity contribution in [3.63, 3.8) is 0 Å². The molecule has 31 heavy (non-hydrogen) atoms. The van der Waals surface area contributed by atoms with Gasteiger partial charge in [-0.1, -0.05) is 55.3 Å². The van der Waals surface area contributed by atoms with Crippen molar-refractivity contribution in [3.05, 3.63) is 65.7 Å². The van der Waals surface area contributed by atoms with Crippen LogP contribution in [0.5, 0.6) is 0 Å². The number of nitrogens with zero attached hydrogens (tertiary/aromatic N) is 2. The molecule has 0 bridgehead atoms. The summed E-state index contributed by atoms with van der Waals surface area (Å²) in [5.74, 6) is 5.07. The first kappa shape index (κ1) is 23.8. The smallest absolute Gasteiger partial charge is 0.243 e. The Hall–Kier alpha value is -3.52. The Morgan fingerprint density at radius 3 is 2.16 bits per heavy atom. The number of hydrogen-bond donors (Lipinski definition) is 4. The molecule has 8 nitrogen and oxygen atoms in total. The number of carbonyl (C=O) groups is 2. The molecule has 2 aromatic carbocycles. The Morgan fingerprint density at radius 1 is 0.903 bits per heavy atom. The van der Waals surface area contributed by atoms with Crippen LogP contribution in [0.3, 0.4) is 0 Å². The molecule has 5 N–H and O–H groups in total. The number of nitrogens with two attached hydrogens (primary N) is 1. The summed E-state index contributed by atoms with van der Waals surface area (Å²) in [6.45, 7) is 0.544. The van der Waals surface area contributed by atoms with Gasteiger partial charge in [0.2, 0.25) is 11.8 Å². The second-order valence-corrected chi connectivity index (χ2v) is 7.04. The lowest BCUT2D eigenvalue weighted by Crippen LogP contribution is -2.17. The summed E-state index contributed by atoms with van der Waals surface area (Å²) in [6, 6.07) is 17.2. The number of benzene rings is 2. The van der Waals surface area contributed by atoms with Crippen LogP contribution in [-0.4, -0.2) is 28.9 Å². The van der Waals surface area contributed by atoms with Crippen molar-refractivity contribution < 1.29 is 14.8 Å². The van der Waals surface area contributed by atoms with E-state index in [1.165, 1.54) is 0 Å². The van der Waals surface area contributed by atoms with Crippen LogP contribution in [-0.2, 0) is 16.1 Å². The van der Waals surface area contributed by atoms with Crippen LogP contribution in [0.25, 0.3) is 0 Å². The van der Waals surface area contributed by atoms with E-state index in [0.717, 1.165) is 30.4 Å². The normalized spacial score (nSPS) is 11.5. The molecule has 0 saturated heterocycles. The fourth-order valence-corrected chi connectivity index (χ4v) is 2.93. The van der Waals surface area contributed by atoms with Crippen LogP contribution in [0.15, 0.2) is 64.7 Å². The van der Waals surface area contributed by atoms with Gasteiger partial charge in [0.1, 0.15) is 5.71 Å². The van der Waals surface area contributed by atoms with Crippen LogP contribution >= 0.6 is 0 Å². The largest absolute Gasteiger partial charge is 0.326 e. The molecule has 0 atom stereocenters. The summed E-state index contributed by atoms with van der Waals surface area (Å²) in [7, 11) is 0. The molecule has 0 spiro atoms. The van der Waals surface area contributed by atoms with Crippen LogP contribution < -0.4 is 16.6 Å². The van der Waals surface area contributed by atoms with E-state index in [1.807, 2.05) is 42.5 Å². The Morgan fingerprint density at radius 2 is 1.55 bits per heavy atom. The highest BCUT2D eigenvalue weighted by molar-refractivity contribution is 6.38. The van der Waals surface area contributed by atoms with E-state index in [9.17, 15) is 9.59 Å². The number of hydrazone groups is 1. The minimum absolute atomic E-state index is 0.0574. The van der Waals surface area contributed by atoms with Gasteiger partial charge >= 0.3 is 0 Å². The van der Waals surface area contributed by atoms with E-state index in [-0.39, 0.29) is 11.8 Å².